The van der Waals surface area contributed by atoms with E-state index in [4.69, 9.17) is 20.9 Å². The monoisotopic (exact) mass is 442 g/mol. The van der Waals surface area contributed by atoms with Gasteiger partial charge in [-0.25, -0.2) is 8.78 Å². The van der Waals surface area contributed by atoms with Gasteiger partial charge in [-0.15, -0.1) is 0 Å². The van der Waals surface area contributed by atoms with Crippen molar-refractivity contribution in [1.29, 1.82) is 0 Å². The highest BCUT2D eigenvalue weighted by molar-refractivity contribution is 5.60. The molecule has 0 fully saturated rings. The summed E-state index contributed by atoms with van der Waals surface area (Å²) in [5, 5.41) is 0. The Labute approximate surface area is 173 Å². The first-order valence-electron chi connectivity index (χ1n) is 8.77. The Morgan fingerprint density at radius 2 is 1.13 bits per heavy atom. The third kappa shape index (κ3) is 4.18. The van der Waals surface area contributed by atoms with Gasteiger partial charge in [0.2, 0.25) is 0 Å². The fraction of sp³-hybridized carbons (Fsp3) is 0.143. The summed E-state index contributed by atoms with van der Waals surface area (Å²) in [6.45, 7) is 0. The summed E-state index contributed by atoms with van der Waals surface area (Å²) >= 11 is 0. The molecular formula is C21H16F6N2O2. The number of alkyl halides is 6. The van der Waals surface area contributed by atoms with Gasteiger partial charge in [0.15, 0.2) is 23.0 Å². The minimum atomic E-state index is -5.68. The van der Waals surface area contributed by atoms with Crippen LogP contribution in [-0.4, -0.2) is 12.3 Å². The van der Waals surface area contributed by atoms with Crippen LogP contribution >= 0.6 is 0 Å². The number of nitrogen functional groups attached to an aromatic ring is 2. The van der Waals surface area contributed by atoms with Crippen LogP contribution in [0, 0.1) is 0 Å². The van der Waals surface area contributed by atoms with E-state index in [1.54, 1.807) is 6.07 Å². The van der Waals surface area contributed by atoms with Gasteiger partial charge in [-0.2, -0.15) is 17.6 Å². The summed E-state index contributed by atoms with van der Waals surface area (Å²) in [6, 6.07) is 14.2. The van der Waals surface area contributed by atoms with Crippen molar-refractivity contribution in [2.24, 2.45) is 0 Å². The number of para-hydroxylation sites is 5. The van der Waals surface area contributed by atoms with Crippen LogP contribution in [0.1, 0.15) is 5.56 Å². The Bertz CT molecular complexity index is 1080. The van der Waals surface area contributed by atoms with Gasteiger partial charge in [-0.3, -0.25) is 0 Å². The summed E-state index contributed by atoms with van der Waals surface area (Å²) in [5.41, 5.74) is 10.1. The number of halogens is 6. The van der Waals surface area contributed by atoms with Gasteiger partial charge in [0.1, 0.15) is 0 Å². The summed E-state index contributed by atoms with van der Waals surface area (Å²) in [5.74, 6) is -12.5. The average Bonchev–Trinajstić information content (AvgIpc) is 2.72. The van der Waals surface area contributed by atoms with Crippen LogP contribution in [0.15, 0.2) is 66.7 Å². The van der Waals surface area contributed by atoms with Crippen molar-refractivity contribution in [2.75, 3.05) is 11.5 Å². The molecule has 4 N–H and O–H groups in total. The van der Waals surface area contributed by atoms with Crippen LogP contribution in [0.3, 0.4) is 0 Å². The molecule has 3 aromatic rings. The fourth-order valence-corrected chi connectivity index (χ4v) is 2.64. The van der Waals surface area contributed by atoms with Crippen molar-refractivity contribution in [3.8, 4) is 23.0 Å². The minimum Gasteiger partial charge on any atom is -0.451 e. The second-order valence-corrected chi connectivity index (χ2v) is 6.41. The molecule has 0 heterocycles. The summed E-state index contributed by atoms with van der Waals surface area (Å²) in [7, 11) is 0. The molecule has 0 atom stereocenters. The molecule has 0 saturated carbocycles. The van der Waals surface area contributed by atoms with Crippen LogP contribution < -0.4 is 20.9 Å². The molecule has 0 radical (unpaired) electrons. The number of benzene rings is 3. The van der Waals surface area contributed by atoms with Crippen molar-refractivity contribution in [3.63, 3.8) is 0 Å². The molecule has 0 aliphatic heterocycles. The first-order chi connectivity index (χ1) is 14.6. The SMILES string of the molecule is Nc1ccccc1Oc1cccc(C(F)(F)C(F)(F)C(F)F)c1Oc1ccccc1N. The lowest BCUT2D eigenvalue weighted by molar-refractivity contribution is -0.270. The van der Waals surface area contributed by atoms with E-state index in [9.17, 15) is 26.3 Å². The number of hydrogen-bond acceptors (Lipinski definition) is 4. The van der Waals surface area contributed by atoms with Gasteiger partial charge < -0.3 is 20.9 Å². The zero-order valence-electron chi connectivity index (χ0n) is 15.7. The maximum Gasteiger partial charge on any atom is 0.373 e. The standard InChI is InChI=1S/C21H16F6N2O2/c22-19(23)21(26,27)20(24,25)12-6-5-11-17(30-15-9-3-1-7-13(15)28)18(12)31-16-10-4-2-8-14(16)29/h1-11,19H,28-29H2. The van der Waals surface area contributed by atoms with Gasteiger partial charge in [-0.05, 0) is 36.4 Å². The highest BCUT2D eigenvalue weighted by Crippen LogP contribution is 2.52. The Balaban J connectivity index is 2.19. The lowest BCUT2D eigenvalue weighted by atomic mass is 10.0. The zero-order chi connectivity index (χ0) is 22.8. The molecule has 0 spiro atoms. The molecule has 0 aliphatic carbocycles. The quantitative estimate of drug-likeness (QED) is 0.327. The first kappa shape index (κ1) is 22.1. The maximum absolute atomic E-state index is 14.6. The highest BCUT2D eigenvalue weighted by Gasteiger charge is 2.65. The topological polar surface area (TPSA) is 70.5 Å². The molecule has 3 rings (SSSR count). The van der Waals surface area contributed by atoms with E-state index >= 15 is 0 Å². The molecule has 10 heteroatoms. The predicted molar refractivity (Wildman–Crippen MR) is 103 cm³/mol. The molecule has 0 saturated heterocycles. The van der Waals surface area contributed by atoms with E-state index in [1.807, 2.05) is 0 Å². The van der Waals surface area contributed by atoms with E-state index in [1.165, 1.54) is 42.5 Å². The van der Waals surface area contributed by atoms with Crippen LogP contribution in [0.2, 0.25) is 0 Å². The molecular weight excluding hydrogens is 426 g/mol. The van der Waals surface area contributed by atoms with Gasteiger partial charge in [0, 0.05) is 0 Å². The predicted octanol–water partition coefficient (Wildman–Crippen LogP) is 6.43. The third-order valence-electron chi connectivity index (χ3n) is 4.28. The lowest BCUT2D eigenvalue weighted by Crippen LogP contribution is -2.44. The molecule has 0 unspecified atom stereocenters. The molecule has 0 bridgehead atoms. The van der Waals surface area contributed by atoms with Gasteiger partial charge in [-0.1, -0.05) is 30.3 Å². The van der Waals surface area contributed by atoms with Crippen LogP contribution in [-0.2, 0) is 5.92 Å². The highest BCUT2D eigenvalue weighted by atomic mass is 19.3. The number of ether oxygens (including phenoxy) is 2. The van der Waals surface area contributed by atoms with E-state index in [0.717, 1.165) is 12.1 Å². The van der Waals surface area contributed by atoms with Crippen molar-refractivity contribution in [2.45, 2.75) is 18.3 Å². The molecule has 164 valence electrons. The van der Waals surface area contributed by atoms with Gasteiger partial charge in [0.25, 0.3) is 0 Å². The lowest BCUT2D eigenvalue weighted by Gasteiger charge is -2.28. The second-order valence-electron chi connectivity index (χ2n) is 6.41. The Hall–Kier alpha value is -3.56. The van der Waals surface area contributed by atoms with Crippen LogP contribution in [0.5, 0.6) is 23.0 Å². The van der Waals surface area contributed by atoms with E-state index in [0.29, 0.717) is 6.07 Å². The molecule has 4 nitrogen and oxygen atoms in total. The van der Waals surface area contributed by atoms with E-state index < -0.39 is 35.3 Å². The van der Waals surface area contributed by atoms with Crippen molar-refractivity contribution < 1.29 is 35.8 Å². The summed E-state index contributed by atoms with van der Waals surface area (Å²) < 4.78 is 93.3. The smallest absolute Gasteiger partial charge is 0.373 e. The summed E-state index contributed by atoms with van der Waals surface area (Å²) in [4.78, 5) is 0. The zero-order valence-corrected chi connectivity index (χ0v) is 15.7. The number of hydrogen-bond donors (Lipinski definition) is 2. The van der Waals surface area contributed by atoms with Gasteiger partial charge >= 0.3 is 18.3 Å². The van der Waals surface area contributed by atoms with E-state index in [2.05, 4.69) is 0 Å². The van der Waals surface area contributed by atoms with Crippen molar-refractivity contribution in [1.82, 2.24) is 0 Å². The second kappa shape index (κ2) is 8.29. The fourth-order valence-electron chi connectivity index (χ4n) is 2.64. The minimum absolute atomic E-state index is 0.00795. The summed E-state index contributed by atoms with van der Waals surface area (Å²) in [6.07, 6.45) is -4.63. The van der Waals surface area contributed by atoms with Crippen LogP contribution in [0.25, 0.3) is 0 Å². The van der Waals surface area contributed by atoms with Crippen molar-refractivity contribution >= 4 is 11.4 Å². The Kier molecular flexibility index (Phi) is 5.92. The maximum atomic E-state index is 14.6. The van der Waals surface area contributed by atoms with Crippen molar-refractivity contribution in [3.05, 3.63) is 72.3 Å². The normalized spacial score (nSPS) is 12.1. The molecule has 31 heavy (non-hydrogen) atoms. The molecule has 0 aromatic heterocycles. The molecule has 0 amide bonds. The Morgan fingerprint density at radius 3 is 1.65 bits per heavy atom. The first-order valence-corrected chi connectivity index (χ1v) is 8.77. The van der Waals surface area contributed by atoms with Gasteiger partial charge in [0.05, 0.1) is 16.9 Å². The number of nitrogens with two attached hydrogens (primary N) is 2. The number of rotatable bonds is 7. The van der Waals surface area contributed by atoms with Crippen LogP contribution in [0.4, 0.5) is 37.7 Å². The molecule has 0 aliphatic rings. The number of anilines is 2. The largest absolute Gasteiger partial charge is 0.451 e. The molecule has 3 aromatic carbocycles. The van der Waals surface area contributed by atoms with E-state index in [-0.39, 0.29) is 22.9 Å². The average molecular weight is 442 g/mol. The Morgan fingerprint density at radius 1 is 0.645 bits per heavy atom. The third-order valence-corrected chi connectivity index (χ3v) is 4.28.